The van der Waals surface area contributed by atoms with E-state index in [-0.39, 0.29) is 0 Å². The average molecular weight is 300 g/mol. The largest absolute Gasteiger partial charge is 0.313 e. The summed E-state index contributed by atoms with van der Waals surface area (Å²) < 4.78 is 1.13. The second kappa shape index (κ2) is 7.93. The van der Waals surface area contributed by atoms with Gasteiger partial charge in [0.2, 0.25) is 0 Å². The van der Waals surface area contributed by atoms with Crippen molar-refractivity contribution in [3.8, 4) is 0 Å². The lowest BCUT2D eigenvalue weighted by Gasteiger charge is -2.06. The Kier molecular flexibility index (Phi) is 6.85. The maximum Gasteiger partial charge on any atom is 0.0200 e. The van der Waals surface area contributed by atoms with Crippen molar-refractivity contribution in [3.05, 3.63) is 40.9 Å². The standard InChI is InChI=1S/C13H18BrNS/c1-3-8-15-9-11(2)10-16-13-6-4-12(14)5-7-13/h4-7,15H,2-3,8-10H2,1H3. The summed E-state index contributed by atoms with van der Waals surface area (Å²) in [5.74, 6) is 0.984. The predicted molar refractivity (Wildman–Crippen MR) is 77.2 cm³/mol. The van der Waals surface area contributed by atoms with Crippen molar-refractivity contribution in [2.24, 2.45) is 0 Å². The number of nitrogens with one attached hydrogen (secondary N) is 1. The summed E-state index contributed by atoms with van der Waals surface area (Å²) in [6, 6.07) is 8.39. The highest BCUT2D eigenvalue weighted by Gasteiger charge is 1.97. The lowest BCUT2D eigenvalue weighted by molar-refractivity contribution is 0.716. The second-order valence-electron chi connectivity index (χ2n) is 3.67. The zero-order valence-corrected chi connectivity index (χ0v) is 12.0. The average Bonchev–Trinajstić information content (AvgIpc) is 2.29. The number of hydrogen-bond acceptors (Lipinski definition) is 2. The minimum Gasteiger partial charge on any atom is -0.313 e. The van der Waals surface area contributed by atoms with Crippen molar-refractivity contribution in [2.75, 3.05) is 18.8 Å². The van der Waals surface area contributed by atoms with Gasteiger partial charge in [0.1, 0.15) is 0 Å². The van der Waals surface area contributed by atoms with Crippen molar-refractivity contribution >= 4 is 27.7 Å². The van der Waals surface area contributed by atoms with Gasteiger partial charge in [0, 0.05) is 21.7 Å². The van der Waals surface area contributed by atoms with Gasteiger partial charge in [-0.2, -0.15) is 0 Å². The first kappa shape index (κ1) is 13.8. The Labute approximate surface area is 111 Å². The van der Waals surface area contributed by atoms with Crippen LogP contribution in [0.25, 0.3) is 0 Å². The maximum absolute atomic E-state index is 4.07. The number of thioether (sulfide) groups is 1. The van der Waals surface area contributed by atoms with Crippen LogP contribution in [0.3, 0.4) is 0 Å². The van der Waals surface area contributed by atoms with Gasteiger partial charge in [0.15, 0.2) is 0 Å². The smallest absolute Gasteiger partial charge is 0.0200 e. The molecule has 0 amide bonds. The van der Waals surface area contributed by atoms with Gasteiger partial charge in [0.05, 0.1) is 0 Å². The van der Waals surface area contributed by atoms with Gasteiger partial charge in [-0.05, 0) is 37.2 Å². The minimum absolute atomic E-state index is 0.928. The van der Waals surface area contributed by atoms with Crippen molar-refractivity contribution in [2.45, 2.75) is 18.2 Å². The van der Waals surface area contributed by atoms with Gasteiger partial charge in [-0.1, -0.05) is 35.0 Å². The Bertz CT molecular complexity index is 321. The molecule has 88 valence electrons. The highest BCUT2D eigenvalue weighted by Crippen LogP contribution is 2.21. The predicted octanol–water partition coefficient (Wildman–Crippen LogP) is 4.10. The van der Waals surface area contributed by atoms with E-state index in [9.17, 15) is 0 Å². The Morgan fingerprint density at radius 2 is 2.06 bits per heavy atom. The van der Waals surface area contributed by atoms with Crippen LogP contribution in [0.1, 0.15) is 13.3 Å². The number of benzene rings is 1. The Morgan fingerprint density at radius 3 is 2.69 bits per heavy atom. The molecule has 0 bridgehead atoms. The number of halogens is 1. The van der Waals surface area contributed by atoms with Crippen LogP contribution in [0, 0.1) is 0 Å². The van der Waals surface area contributed by atoms with Crippen molar-refractivity contribution in [1.29, 1.82) is 0 Å². The Morgan fingerprint density at radius 1 is 1.38 bits per heavy atom. The van der Waals surface area contributed by atoms with E-state index in [1.807, 2.05) is 11.8 Å². The number of hydrogen-bond donors (Lipinski definition) is 1. The molecule has 1 N–H and O–H groups in total. The molecular weight excluding hydrogens is 282 g/mol. The van der Waals surface area contributed by atoms with Crippen LogP contribution >= 0.6 is 27.7 Å². The molecule has 0 fully saturated rings. The zero-order chi connectivity index (χ0) is 11.8. The third-order valence-electron chi connectivity index (χ3n) is 2.06. The van der Waals surface area contributed by atoms with Gasteiger partial charge >= 0.3 is 0 Å². The molecule has 0 radical (unpaired) electrons. The molecule has 0 aliphatic rings. The molecule has 3 heteroatoms. The van der Waals surface area contributed by atoms with Crippen LogP contribution in [-0.2, 0) is 0 Å². The normalized spacial score (nSPS) is 10.4. The minimum atomic E-state index is 0.928. The molecular formula is C13H18BrNS. The summed E-state index contributed by atoms with van der Waals surface area (Å²) in [5.41, 5.74) is 1.25. The summed E-state index contributed by atoms with van der Waals surface area (Å²) in [4.78, 5) is 1.29. The molecule has 0 atom stereocenters. The summed E-state index contributed by atoms with van der Waals surface area (Å²) in [5, 5.41) is 3.36. The lowest BCUT2D eigenvalue weighted by Crippen LogP contribution is -2.18. The van der Waals surface area contributed by atoms with Crippen LogP contribution in [0.15, 0.2) is 45.8 Å². The topological polar surface area (TPSA) is 12.0 Å². The van der Waals surface area contributed by atoms with Crippen LogP contribution in [0.5, 0.6) is 0 Å². The van der Waals surface area contributed by atoms with E-state index in [1.165, 1.54) is 16.9 Å². The van der Waals surface area contributed by atoms with E-state index in [2.05, 4.69) is 59.0 Å². The van der Waals surface area contributed by atoms with Crippen LogP contribution in [0.2, 0.25) is 0 Å². The molecule has 1 aromatic carbocycles. The highest BCUT2D eigenvalue weighted by atomic mass is 79.9. The van der Waals surface area contributed by atoms with Crippen molar-refractivity contribution in [3.63, 3.8) is 0 Å². The molecule has 16 heavy (non-hydrogen) atoms. The van der Waals surface area contributed by atoms with Gasteiger partial charge in [-0.25, -0.2) is 0 Å². The Balaban J connectivity index is 2.23. The van der Waals surface area contributed by atoms with Gasteiger partial charge in [-0.15, -0.1) is 11.8 Å². The molecule has 1 nitrogen and oxygen atoms in total. The zero-order valence-electron chi connectivity index (χ0n) is 9.63. The maximum atomic E-state index is 4.07. The molecule has 1 rings (SSSR count). The van der Waals surface area contributed by atoms with Crippen LogP contribution in [0.4, 0.5) is 0 Å². The van der Waals surface area contributed by atoms with E-state index in [0.29, 0.717) is 0 Å². The van der Waals surface area contributed by atoms with Gasteiger partial charge in [0.25, 0.3) is 0 Å². The monoisotopic (exact) mass is 299 g/mol. The lowest BCUT2D eigenvalue weighted by atomic mass is 10.3. The van der Waals surface area contributed by atoms with E-state index >= 15 is 0 Å². The van der Waals surface area contributed by atoms with Crippen molar-refractivity contribution < 1.29 is 0 Å². The van der Waals surface area contributed by atoms with Crippen LogP contribution in [-0.4, -0.2) is 18.8 Å². The molecule has 0 saturated heterocycles. The third-order valence-corrected chi connectivity index (χ3v) is 3.75. The first-order valence-electron chi connectivity index (χ1n) is 5.48. The first-order chi connectivity index (χ1) is 7.72. The summed E-state index contributed by atoms with van der Waals surface area (Å²) in [7, 11) is 0. The fraction of sp³-hybridized carbons (Fsp3) is 0.385. The SMILES string of the molecule is C=C(CNCCC)CSc1ccc(Br)cc1. The van der Waals surface area contributed by atoms with E-state index < -0.39 is 0 Å². The summed E-state index contributed by atoms with van der Waals surface area (Å²) in [6.45, 7) is 8.24. The molecule has 0 saturated carbocycles. The second-order valence-corrected chi connectivity index (χ2v) is 5.63. The fourth-order valence-corrected chi connectivity index (χ4v) is 2.27. The third kappa shape index (κ3) is 5.73. The molecule has 0 spiro atoms. The van der Waals surface area contributed by atoms with E-state index in [0.717, 1.165) is 23.3 Å². The van der Waals surface area contributed by atoms with Crippen molar-refractivity contribution in [1.82, 2.24) is 5.32 Å². The molecule has 0 aromatic heterocycles. The molecule has 1 aromatic rings. The first-order valence-corrected chi connectivity index (χ1v) is 7.26. The highest BCUT2D eigenvalue weighted by molar-refractivity contribution is 9.10. The molecule has 0 aliphatic carbocycles. The summed E-state index contributed by atoms with van der Waals surface area (Å²) >= 11 is 5.27. The molecule has 0 unspecified atom stereocenters. The quantitative estimate of drug-likeness (QED) is 0.462. The van der Waals surface area contributed by atoms with E-state index in [4.69, 9.17) is 0 Å². The number of rotatable bonds is 7. The summed E-state index contributed by atoms with van der Waals surface area (Å²) in [6.07, 6.45) is 1.17. The van der Waals surface area contributed by atoms with Crippen LogP contribution < -0.4 is 5.32 Å². The molecule has 0 heterocycles. The Hall–Kier alpha value is -0.250. The molecule has 0 aliphatic heterocycles. The van der Waals surface area contributed by atoms with E-state index in [1.54, 1.807) is 0 Å². The fourth-order valence-electron chi connectivity index (χ4n) is 1.21. The van der Waals surface area contributed by atoms with Gasteiger partial charge < -0.3 is 5.32 Å². The van der Waals surface area contributed by atoms with Gasteiger partial charge in [-0.3, -0.25) is 0 Å².